The zero-order valence-electron chi connectivity index (χ0n) is 30.6. The molecular weight excluding hydrogens is 695 g/mol. The highest BCUT2D eigenvalue weighted by molar-refractivity contribution is 6.30. The van der Waals surface area contributed by atoms with Crippen molar-refractivity contribution in [1.29, 1.82) is 0 Å². The lowest BCUT2D eigenvalue weighted by molar-refractivity contribution is 1.06. The Morgan fingerprint density at radius 3 is 1.79 bits per heavy atom. The first kappa shape index (κ1) is 31.6. The van der Waals surface area contributed by atoms with E-state index in [0.717, 1.165) is 50.1 Å². The summed E-state index contributed by atoms with van der Waals surface area (Å²) in [5.41, 5.74) is 12.7. The molecule has 1 aliphatic carbocycles. The van der Waals surface area contributed by atoms with Gasteiger partial charge in [0, 0.05) is 33.7 Å². The molecule has 0 atom stereocenters. The van der Waals surface area contributed by atoms with Crippen LogP contribution in [0.1, 0.15) is 0 Å². The van der Waals surface area contributed by atoms with Crippen LogP contribution in [0.2, 0.25) is 0 Å². The lowest BCUT2D eigenvalue weighted by Crippen LogP contribution is -2.05. The predicted octanol–water partition coefficient (Wildman–Crippen LogP) is 13.0. The average Bonchev–Trinajstić information content (AvgIpc) is 3.57. The summed E-state index contributed by atoms with van der Waals surface area (Å²) >= 11 is 0. The molecule has 0 fully saturated rings. The Morgan fingerprint density at radius 2 is 0.965 bits per heavy atom. The molecule has 11 aromatic rings. The topological polar surface area (TPSA) is 56.5 Å². The Balaban J connectivity index is 1.22. The molecule has 0 unspecified atom stereocenters. The van der Waals surface area contributed by atoms with Crippen LogP contribution in [0.3, 0.4) is 0 Å². The maximum absolute atomic E-state index is 5.38. The summed E-state index contributed by atoms with van der Waals surface area (Å²) in [5.74, 6) is 1.79. The molecule has 0 saturated carbocycles. The molecule has 3 heterocycles. The highest BCUT2D eigenvalue weighted by Gasteiger charge is 2.27. The number of aromatic nitrogens is 5. The third kappa shape index (κ3) is 4.82. The van der Waals surface area contributed by atoms with Crippen LogP contribution in [0.5, 0.6) is 0 Å². The molecule has 264 valence electrons. The van der Waals surface area contributed by atoms with Crippen molar-refractivity contribution in [2.75, 3.05) is 0 Å². The van der Waals surface area contributed by atoms with Gasteiger partial charge in [-0.05, 0) is 80.2 Å². The molecule has 12 rings (SSSR count). The predicted molar refractivity (Wildman–Crippen MR) is 233 cm³/mol. The second kappa shape index (κ2) is 12.4. The van der Waals surface area contributed by atoms with Gasteiger partial charge in [-0.3, -0.25) is 4.98 Å². The molecule has 0 aliphatic heterocycles. The summed E-state index contributed by atoms with van der Waals surface area (Å²) in [4.78, 5) is 20.8. The fraction of sp³-hybridized carbons (Fsp3) is 0. The second-order valence-electron chi connectivity index (χ2n) is 14.6. The van der Waals surface area contributed by atoms with Gasteiger partial charge in [-0.1, -0.05) is 146 Å². The molecule has 5 heteroatoms. The van der Waals surface area contributed by atoms with Gasteiger partial charge in [0.05, 0.1) is 28.0 Å². The lowest BCUT2D eigenvalue weighted by atomic mass is 9.93. The van der Waals surface area contributed by atoms with Crippen molar-refractivity contribution in [3.63, 3.8) is 0 Å². The van der Waals surface area contributed by atoms with Gasteiger partial charge in [0.15, 0.2) is 17.5 Å². The first-order valence-corrected chi connectivity index (χ1v) is 19.2. The van der Waals surface area contributed by atoms with Gasteiger partial charge in [0.25, 0.3) is 0 Å². The van der Waals surface area contributed by atoms with Crippen LogP contribution in [-0.4, -0.2) is 24.5 Å². The van der Waals surface area contributed by atoms with Gasteiger partial charge >= 0.3 is 0 Å². The number of pyridine rings is 1. The van der Waals surface area contributed by atoms with E-state index in [4.69, 9.17) is 19.9 Å². The number of hydrogen-bond donors (Lipinski definition) is 0. The minimum Gasteiger partial charge on any atom is -0.308 e. The zero-order chi connectivity index (χ0) is 37.5. The molecule has 0 radical (unpaired) electrons. The molecule has 0 amide bonds. The zero-order valence-corrected chi connectivity index (χ0v) is 30.6. The molecule has 1 aliphatic rings. The summed E-state index contributed by atoms with van der Waals surface area (Å²) in [7, 11) is 0. The van der Waals surface area contributed by atoms with Gasteiger partial charge in [-0.2, -0.15) is 0 Å². The molecular formula is C52H31N5. The van der Waals surface area contributed by atoms with E-state index in [9.17, 15) is 0 Å². The first-order valence-electron chi connectivity index (χ1n) is 19.2. The summed E-state index contributed by atoms with van der Waals surface area (Å²) in [6.07, 6.45) is 1.85. The molecule has 0 N–H and O–H groups in total. The minimum absolute atomic E-state index is 0.577. The molecule has 0 spiro atoms. The van der Waals surface area contributed by atoms with Gasteiger partial charge < -0.3 is 4.57 Å². The highest BCUT2D eigenvalue weighted by Crippen LogP contribution is 2.50. The van der Waals surface area contributed by atoms with E-state index < -0.39 is 0 Å². The third-order valence-corrected chi connectivity index (χ3v) is 11.4. The molecule has 8 aromatic carbocycles. The number of benzene rings is 8. The Bertz CT molecular complexity index is 3400. The van der Waals surface area contributed by atoms with Gasteiger partial charge in [0.2, 0.25) is 0 Å². The van der Waals surface area contributed by atoms with Crippen LogP contribution >= 0.6 is 0 Å². The Labute approximate surface area is 328 Å². The van der Waals surface area contributed by atoms with E-state index in [2.05, 4.69) is 156 Å². The SMILES string of the molecule is c1ccc(-c2nc(-c3ccc4ccccc4c3)nc(-c3c(-c4ccccn4)cccc3-n3c4cccc5c4c4c6c(cccc6ccc43)-c3ccccc3-5)n2)cc1. The first-order chi connectivity index (χ1) is 28.3. The van der Waals surface area contributed by atoms with Crippen molar-refractivity contribution in [1.82, 2.24) is 24.5 Å². The maximum Gasteiger partial charge on any atom is 0.166 e. The van der Waals surface area contributed by atoms with E-state index in [-0.39, 0.29) is 0 Å². The van der Waals surface area contributed by atoms with Crippen LogP contribution in [0, 0.1) is 0 Å². The van der Waals surface area contributed by atoms with Crippen molar-refractivity contribution in [3.8, 4) is 73.4 Å². The van der Waals surface area contributed by atoms with E-state index in [0.29, 0.717) is 17.5 Å². The van der Waals surface area contributed by atoms with E-state index in [1.54, 1.807) is 0 Å². The summed E-state index contributed by atoms with van der Waals surface area (Å²) in [6, 6.07) is 64.2. The van der Waals surface area contributed by atoms with Gasteiger partial charge in [0.1, 0.15) is 0 Å². The standard InChI is InChI=1S/C52H31N5/c1-2-14-34(15-3-1)50-54-51(36-27-26-32-13-4-5-16-35(32)31-36)56-52(55-50)48-41(42-23-8-9-30-53-42)22-12-25-44(48)57-43-24-11-21-40-38-19-7-6-18-37(38)39-20-10-17-33-28-29-45(57)49(46(33)39)47(40)43/h1-31H. The van der Waals surface area contributed by atoms with E-state index in [1.165, 1.54) is 49.2 Å². The normalized spacial score (nSPS) is 11.9. The quantitative estimate of drug-likeness (QED) is 0.177. The van der Waals surface area contributed by atoms with Gasteiger partial charge in [-0.15, -0.1) is 0 Å². The van der Waals surface area contributed by atoms with Crippen molar-refractivity contribution >= 4 is 43.4 Å². The number of fused-ring (bicyclic) bond motifs is 4. The van der Waals surface area contributed by atoms with E-state index in [1.807, 2.05) is 36.5 Å². The number of hydrogen-bond acceptors (Lipinski definition) is 4. The van der Waals surface area contributed by atoms with Gasteiger partial charge in [-0.25, -0.2) is 15.0 Å². The Hall–Kier alpha value is -7.76. The lowest BCUT2D eigenvalue weighted by Gasteiger charge is -2.19. The molecule has 0 bridgehead atoms. The number of rotatable bonds is 5. The van der Waals surface area contributed by atoms with Crippen molar-refractivity contribution in [2.24, 2.45) is 0 Å². The number of nitrogens with zero attached hydrogens (tertiary/aromatic N) is 5. The van der Waals surface area contributed by atoms with Crippen molar-refractivity contribution in [2.45, 2.75) is 0 Å². The second-order valence-corrected chi connectivity index (χ2v) is 14.6. The fourth-order valence-electron chi connectivity index (χ4n) is 8.95. The smallest absolute Gasteiger partial charge is 0.166 e. The summed E-state index contributed by atoms with van der Waals surface area (Å²) < 4.78 is 2.42. The summed E-state index contributed by atoms with van der Waals surface area (Å²) in [6.45, 7) is 0. The third-order valence-electron chi connectivity index (χ3n) is 11.4. The van der Waals surface area contributed by atoms with E-state index >= 15 is 0 Å². The van der Waals surface area contributed by atoms with Crippen molar-refractivity contribution < 1.29 is 0 Å². The fourth-order valence-corrected chi connectivity index (χ4v) is 8.95. The minimum atomic E-state index is 0.577. The van der Waals surface area contributed by atoms with Crippen LogP contribution in [-0.2, 0) is 0 Å². The largest absolute Gasteiger partial charge is 0.308 e. The average molecular weight is 726 g/mol. The van der Waals surface area contributed by atoms with Crippen LogP contribution in [0.15, 0.2) is 188 Å². The van der Waals surface area contributed by atoms with Crippen molar-refractivity contribution in [3.05, 3.63) is 188 Å². The molecule has 57 heavy (non-hydrogen) atoms. The van der Waals surface area contributed by atoms with Crippen LogP contribution < -0.4 is 0 Å². The van der Waals surface area contributed by atoms with Crippen LogP contribution in [0.4, 0.5) is 0 Å². The highest BCUT2D eigenvalue weighted by atomic mass is 15.1. The Kier molecular flexibility index (Phi) is 6.86. The molecule has 0 saturated heterocycles. The monoisotopic (exact) mass is 725 g/mol. The maximum atomic E-state index is 5.38. The molecule has 3 aromatic heterocycles. The van der Waals surface area contributed by atoms with Crippen LogP contribution in [0.25, 0.3) is 117 Å². The molecule has 5 nitrogen and oxygen atoms in total. The summed E-state index contributed by atoms with van der Waals surface area (Å²) in [5, 5.41) is 7.27. The Morgan fingerprint density at radius 1 is 0.351 bits per heavy atom.